The number of ether oxygens (including phenoxy) is 3. The van der Waals surface area contributed by atoms with E-state index >= 15 is 0 Å². The summed E-state index contributed by atoms with van der Waals surface area (Å²) in [6.07, 6.45) is 1.56. The van der Waals surface area contributed by atoms with Crippen LogP contribution in [0.25, 0.3) is 11.1 Å². The fraction of sp³-hybridized carbons (Fsp3) is 0.224. The van der Waals surface area contributed by atoms with Crippen LogP contribution >= 0.6 is 23.2 Å². The molecule has 8 rings (SSSR count). The number of carbonyl (C=O) groups excluding carboxylic acids is 2. The second-order valence-corrected chi connectivity index (χ2v) is 16.3. The number of aromatic nitrogens is 1. The number of fused-ring (bicyclic) bond motifs is 2. The molecule has 0 fully saturated rings. The average molecular weight is 857 g/mol. The Morgan fingerprint density at radius 3 is 2.36 bits per heavy atom. The third kappa shape index (κ3) is 9.21. The molecule has 310 valence electrons. The quantitative estimate of drug-likeness (QED) is 0.132. The summed E-state index contributed by atoms with van der Waals surface area (Å²) in [5, 5.41) is 14.0. The second kappa shape index (κ2) is 17.7. The molecule has 2 aliphatic heterocycles. The van der Waals surface area contributed by atoms with E-state index in [-0.39, 0.29) is 31.9 Å². The average Bonchev–Trinajstić information content (AvgIpc) is 3.26. The fourth-order valence-electron chi connectivity index (χ4n) is 7.76. The maximum Gasteiger partial charge on any atom is 0.326 e. The molecule has 2 aliphatic rings. The van der Waals surface area contributed by atoms with E-state index in [1.807, 2.05) is 99.6 Å². The monoisotopic (exact) mass is 855 g/mol. The van der Waals surface area contributed by atoms with Gasteiger partial charge >= 0.3 is 5.97 Å². The van der Waals surface area contributed by atoms with E-state index in [2.05, 4.69) is 10.3 Å². The molecule has 0 radical (unpaired) electrons. The topological polar surface area (TPSA) is 127 Å². The molecule has 12 heteroatoms. The predicted octanol–water partition coefficient (Wildman–Crippen LogP) is 9.45. The lowest BCUT2D eigenvalue weighted by Gasteiger charge is -2.37. The molecule has 6 aromatic rings. The highest BCUT2D eigenvalue weighted by Crippen LogP contribution is 2.41. The summed E-state index contributed by atoms with van der Waals surface area (Å²) >= 11 is 12.2. The highest BCUT2D eigenvalue weighted by atomic mass is 35.5. The molecule has 5 aromatic carbocycles. The van der Waals surface area contributed by atoms with Crippen molar-refractivity contribution in [3.8, 4) is 28.4 Å². The fourth-order valence-corrected chi connectivity index (χ4v) is 8.08. The van der Waals surface area contributed by atoms with Gasteiger partial charge < -0.3 is 29.5 Å². The number of nitrogens with zero attached hydrogens (tertiary/aromatic N) is 2. The highest BCUT2D eigenvalue weighted by Gasteiger charge is 2.38. The van der Waals surface area contributed by atoms with Crippen molar-refractivity contribution < 1.29 is 33.7 Å². The Bertz CT molecular complexity index is 2630. The van der Waals surface area contributed by atoms with Gasteiger partial charge in [0, 0.05) is 36.8 Å². The molecule has 2 amide bonds. The Labute approximate surface area is 364 Å². The van der Waals surface area contributed by atoms with Crippen LogP contribution in [-0.2, 0) is 35.6 Å². The summed E-state index contributed by atoms with van der Waals surface area (Å²) in [5.74, 6) is -0.352. The minimum atomic E-state index is -1.24. The minimum absolute atomic E-state index is 0.0547. The number of aryl methyl sites for hydroxylation is 2. The smallest absolute Gasteiger partial charge is 0.326 e. The number of benzene rings is 5. The van der Waals surface area contributed by atoms with Crippen molar-refractivity contribution >= 4 is 41.0 Å². The Kier molecular flexibility index (Phi) is 12.0. The van der Waals surface area contributed by atoms with E-state index in [0.29, 0.717) is 39.5 Å². The summed E-state index contributed by atoms with van der Waals surface area (Å²) in [6, 6.07) is 31.3. The third-order valence-electron chi connectivity index (χ3n) is 11.3. The number of pyridine rings is 1. The van der Waals surface area contributed by atoms with Gasteiger partial charge in [-0.2, -0.15) is 0 Å². The van der Waals surface area contributed by atoms with E-state index < -0.39 is 30.1 Å². The molecule has 0 aliphatic carbocycles. The van der Waals surface area contributed by atoms with Gasteiger partial charge in [0.15, 0.2) is 17.6 Å². The van der Waals surface area contributed by atoms with Crippen LogP contribution in [0.2, 0.25) is 10.0 Å². The van der Waals surface area contributed by atoms with E-state index in [4.69, 9.17) is 37.4 Å². The maximum atomic E-state index is 14.2. The Morgan fingerprint density at radius 2 is 1.62 bits per heavy atom. The van der Waals surface area contributed by atoms with Crippen molar-refractivity contribution in [1.82, 2.24) is 15.2 Å². The highest BCUT2D eigenvalue weighted by molar-refractivity contribution is 6.42. The number of amides is 2. The predicted molar refractivity (Wildman–Crippen MR) is 234 cm³/mol. The van der Waals surface area contributed by atoms with Gasteiger partial charge in [0.25, 0.3) is 5.91 Å². The van der Waals surface area contributed by atoms with Crippen LogP contribution < -0.4 is 19.5 Å². The van der Waals surface area contributed by atoms with Gasteiger partial charge in [-0.15, -0.1) is 0 Å². The van der Waals surface area contributed by atoms with Crippen LogP contribution in [0.15, 0.2) is 115 Å². The largest absolute Gasteiger partial charge is 0.489 e. The van der Waals surface area contributed by atoms with Crippen molar-refractivity contribution in [2.45, 2.75) is 65.0 Å². The number of carbonyl (C=O) groups is 3. The van der Waals surface area contributed by atoms with Crippen molar-refractivity contribution in [2.24, 2.45) is 0 Å². The van der Waals surface area contributed by atoms with Crippen LogP contribution in [0, 0.1) is 20.8 Å². The molecule has 2 N–H and O–H groups in total. The first-order chi connectivity index (χ1) is 29.4. The normalized spacial score (nSPS) is 16.0. The van der Waals surface area contributed by atoms with Gasteiger partial charge in [0.05, 0.1) is 10.0 Å². The van der Waals surface area contributed by atoms with Gasteiger partial charge in [0.1, 0.15) is 31.0 Å². The van der Waals surface area contributed by atoms with Crippen molar-refractivity contribution in [3.05, 3.63) is 176 Å². The van der Waals surface area contributed by atoms with Crippen molar-refractivity contribution in [2.75, 3.05) is 6.61 Å². The molecule has 3 heterocycles. The molecule has 0 saturated carbocycles. The number of halogens is 2. The first-order valence-electron chi connectivity index (χ1n) is 19.9. The van der Waals surface area contributed by atoms with E-state index in [1.54, 1.807) is 36.5 Å². The molecular weight excluding hydrogens is 813 g/mol. The molecule has 0 spiro atoms. The number of rotatable bonds is 11. The maximum absolute atomic E-state index is 14.2. The number of hydrogen-bond acceptors (Lipinski definition) is 7. The van der Waals surface area contributed by atoms with E-state index in [1.165, 1.54) is 4.90 Å². The number of carboxylic acid groups (broad SMARTS) is 1. The lowest BCUT2D eigenvalue weighted by Crippen LogP contribution is -2.56. The lowest BCUT2D eigenvalue weighted by atomic mass is 9.91. The van der Waals surface area contributed by atoms with Crippen molar-refractivity contribution in [1.29, 1.82) is 0 Å². The van der Waals surface area contributed by atoms with Gasteiger partial charge in [-0.25, -0.2) is 4.79 Å². The first kappa shape index (κ1) is 41.4. The molecule has 10 nitrogen and oxygen atoms in total. The number of nitrogens with one attached hydrogen (secondary N) is 1. The zero-order chi connectivity index (χ0) is 42.8. The molecule has 3 atom stereocenters. The minimum Gasteiger partial charge on any atom is -0.489 e. The molecule has 0 bridgehead atoms. The number of aliphatic carboxylic acids is 1. The van der Waals surface area contributed by atoms with Gasteiger partial charge in [-0.05, 0) is 120 Å². The summed E-state index contributed by atoms with van der Waals surface area (Å²) in [5.41, 5.74) is 9.49. The molecule has 3 unspecified atom stereocenters. The second-order valence-electron chi connectivity index (χ2n) is 15.5. The SMILES string of the molecule is Cc1cccc(C(=O)N2Cc3cc4c(cc3CC2C(=O)NC(Cc2ccc(-c3ccnc(C)c3C)cc2)C(=O)O)OCC(c2ccc(OCc3ccc(Cl)c(Cl)c3)cc2)O4)c1. The molecule has 61 heavy (non-hydrogen) atoms. The van der Waals surface area contributed by atoms with Crippen LogP contribution in [0.1, 0.15) is 61.1 Å². The Hall–Kier alpha value is -6.36. The lowest BCUT2D eigenvalue weighted by molar-refractivity contribution is -0.142. The van der Waals surface area contributed by atoms with Crippen LogP contribution in [0.4, 0.5) is 0 Å². The van der Waals surface area contributed by atoms with Crippen LogP contribution in [0.3, 0.4) is 0 Å². The summed E-state index contributed by atoms with van der Waals surface area (Å²) in [7, 11) is 0. The molecule has 0 saturated heterocycles. The Balaban J connectivity index is 0.991. The van der Waals surface area contributed by atoms with Gasteiger partial charge in [-0.1, -0.05) is 83.4 Å². The zero-order valence-electron chi connectivity index (χ0n) is 33.8. The number of hydrogen-bond donors (Lipinski definition) is 2. The van der Waals surface area contributed by atoms with Crippen LogP contribution in [-0.4, -0.2) is 51.5 Å². The number of carboxylic acids is 1. The molecular formula is C49H43Cl2N3O7. The van der Waals surface area contributed by atoms with E-state index in [0.717, 1.165) is 55.8 Å². The van der Waals surface area contributed by atoms with E-state index in [9.17, 15) is 19.5 Å². The van der Waals surface area contributed by atoms with Gasteiger partial charge in [0.2, 0.25) is 5.91 Å². The third-order valence-corrected chi connectivity index (χ3v) is 12.0. The summed E-state index contributed by atoms with van der Waals surface area (Å²) < 4.78 is 18.7. The van der Waals surface area contributed by atoms with Gasteiger partial charge in [-0.3, -0.25) is 14.6 Å². The summed E-state index contributed by atoms with van der Waals surface area (Å²) in [4.78, 5) is 47.0. The molecule has 1 aromatic heterocycles. The zero-order valence-corrected chi connectivity index (χ0v) is 35.3. The summed E-state index contributed by atoms with van der Waals surface area (Å²) in [6.45, 7) is 6.55. The standard InChI is InChI=1S/C49H43Cl2N3O7/c1-28-5-4-6-35(19-28)48(56)54-25-37-24-45-44(60-27-46(61-45)34-12-14-38(15-13-34)59-26-32-9-16-40(50)41(51)20-32)23-36(37)22-43(54)47(55)53-42(49(57)58)21-31-7-10-33(11-8-31)39-17-18-52-30(3)29(39)2/h4-20,23-24,42-43,46H,21-22,25-27H2,1-3H3,(H,53,55)(H,57,58). The first-order valence-corrected chi connectivity index (χ1v) is 20.7. The Morgan fingerprint density at radius 1 is 0.869 bits per heavy atom. The van der Waals surface area contributed by atoms with Crippen LogP contribution in [0.5, 0.6) is 17.2 Å². The van der Waals surface area contributed by atoms with Crippen molar-refractivity contribution in [3.63, 3.8) is 0 Å².